The number of anilines is 1. The predicted molar refractivity (Wildman–Crippen MR) is 45.1 cm³/mol. The Kier molecular flexibility index (Phi) is 2.13. The second kappa shape index (κ2) is 3.18. The Hall–Kier alpha value is -1.20. The smallest absolute Gasteiger partial charge is 0.315 e. The molecule has 0 aromatic carbocycles. The summed E-state index contributed by atoms with van der Waals surface area (Å²) >= 11 is 0. The van der Waals surface area contributed by atoms with E-state index in [4.69, 9.17) is 0 Å². The lowest BCUT2D eigenvalue weighted by Gasteiger charge is -2.06. The van der Waals surface area contributed by atoms with Crippen LogP contribution in [-0.4, -0.2) is 16.7 Å². The Labute approximate surface area is 79.7 Å². The van der Waals surface area contributed by atoms with Gasteiger partial charge in [-0.05, 0) is 18.3 Å². The van der Waals surface area contributed by atoms with E-state index < -0.39 is 12.3 Å². The first-order chi connectivity index (χ1) is 6.59. The lowest BCUT2D eigenvalue weighted by Crippen LogP contribution is -2.11. The number of nitrogens with one attached hydrogen (secondary N) is 1. The van der Waals surface area contributed by atoms with Gasteiger partial charge in [-0.25, -0.2) is 0 Å². The standard InChI is InChI=1S/C8H11F2N3O/c1-8(2-3-8)4-11-7-13-12-6(14-7)5(9)10/h5H,2-4H2,1H3,(H,11,13). The third-order valence-electron chi connectivity index (χ3n) is 2.40. The topological polar surface area (TPSA) is 51.0 Å². The van der Waals surface area contributed by atoms with E-state index in [0.717, 1.165) is 12.8 Å². The van der Waals surface area contributed by atoms with E-state index >= 15 is 0 Å². The summed E-state index contributed by atoms with van der Waals surface area (Å²) in [6.07, 6.45) is -0.402. The third kappa shape index (κ3) is 2.00. The minimum absolute atomic E-state index is 0.0772. The van der Waals surface area contributed by atoms with Gasteiger partial charge in [0.25, 0.3) is 5.89 Å². The van der Waals surface area contributed by atoms with Crippen LogP contribution in [0.5, 0.6) is 0 Å². The SMILES string of the molecule is CC1(CNc2nnc(C(F)F)o2)CC1. The van der Waals surface area contributed by atoms with Gasteiger partial charge in [-0.2, -0.15) is 8.78 Å². The van der Waals surface area contributed by atoms with Crippen LogP contribution in [0.25, 0.3) is 0 Å². The van der Waals surface area contributed by atoms with Crippen molar-refractivity contribution in [2.75, 3.05) is 11.9 Å². The van der Waals surface area contributed by atoms with Gasteiger partial charge in [-0.15, -0.1) is 5.10 Å². The fourth-order valence-corrected chi connectivity index (χ4v) is 1.07. The highest BCUT2D eigenvalue weighted by molar-refractivity contribution is 5.19. The van der Waals surface area contributed by atoms with Crippen LogP contribution in [0.4, 0.5) is 14.8 Å². The van der Waals surface area contributed by atoms with E-state index in [1.165, 1.54) is 0 Å². The van der Waals surface area contributed by atoms with Gasteiger partial charge in [0, 0.05) is 6.54 Å². The molecule has 0 atom stereocenters. The largest absolute Gasteiger partial charge is 0.402 e. The first-order valence-corrected chi connectivity index (χ1v) is 4.44. The van der Waals surface area contributed by atoms with E-state index in [0.29, 0.717) is 6.54 Å². The van der Waals surface area contributed by atoms with Crippen LogP contribution in [0.1, 0.15) is 32.1 Å². The molecule has 2 rings (SSSR count). The monoisotopic (exact) mass is 203 g/mol. The molecule has 0 bridgehead atoms. The van der Waals surface area contributed by atoms with E-state index in [2.05, 4.69) is 26.9 Å². The molecule has 1 N–H and O–H groups in total. The van der Waals surface area contributed by atoms with Crippen LogP contribution < -0.4 is 5.32 Å². The van der Waals surface area contributed by atoms with Gasteiger partial charge in [0.05, 0.1) is 0 Å². The van der Waals surface area contributed by atoms with E-state index in [1.807, 2.05) is 0 Å². The highest BCUT2D eigenvalue weighted by Gasteiger charge is 2.37. The van der Waals surface area contributed by atoms with Gasteiger partial charge in [-0.1, -0.05) is 12.0 Å². The summed E-state index contributed by atoms with van der Waals surface area (Å²) in [6.45, 7) is 2.81. The van der Waals surface area contributed by atoms with Crippen molar-refractivity contribution in [2.24, 2.45) is 5.41 Å². The van der Waals surface area contributed by atoms with Crippen LogP contribution >= 0.6 is 0 Å². The molecule has 1 heterocycles. The second-order valence-corrected chi connectivity index (χ2v) is 3.91. The zero-order valence-electron chi connectivity index (χ0n) is 7.76. The molecular weight excluding hydrogens is 192 g/mol. The molecule has 1 saturated carbocycles. The molecule has 1 aliphatic carbocycles. The Morgan fingerprint density at radius 1 is 1.50 bits per heavy atom. The number of hydrogen-bond donors (Lipinski definition) is 1. The second-order valence-electron chi connectivity index (χ2n) is 3.91. The maximum atomic E-state index is 12.0. The van der Waals surface area contributed by atoms with Crippen LogP contribution in [0.2, 0.25) is 0 Å². The lowest BCUT2D eigenvalue weighted by molar-refractivity contribution is 0.116. The number of aromatic nitrogens is 2. The Bertz CT molecular complexity index is 322. The van der Waals surface area contributed by atoms with Crippen LogP contribution in [-0.2, 0) is 0 Å². The molecule has 78 valence electrons. The minimum atomic E-state index is -2.70. The normalized spacial score (nSPS) is 18.6. The van der Waals surface area contributed by atoms with Gasteiger partial charge in [0.15, 0.2) is 0 Å². The van der Waals surface area contributed by atoms with Crippen molar-refractivity contribution in [1.29, 1.82) is 0 Å². The molecule has 0 amide bonds. The zero-order chi connectivity index (χ0) is 10.2. The molecule has 1 aromatic rings. The molecule has 1 fully saturated rings. The molecule has 1 aliphatic rings. The first kappa shape index (κ1) is 9.36. The molecule has 14 heavy (non-hydrogen) atoms. The number of alkyl halides is 2. The maximum Gasteiger partial charge on any atom is 0.315 e. The summed E-state index contributed by atoms with van der Waals surface area (Å²) in [4.78, 5) is 0. The Morgan fingerprint density at radius 2 is 2.21 bits per heavy atom. The fraction of sp³-hybridized carbons (Fsp3) is 0.750. The molecule has 0 saturated heterocycles. The molecule has 0 radical (unpaired) electrons. The molecule has 0 aliphatic heterocycles. The first-order valence-electron chi connectivity index (χ1n) is 4.44. The minimum Gasteiger partial charge on any atom is -0.402 e. The average molecular weight is 203 g/mol. The quantitative estimate of drug-likeness (QED) is 0.815. The summed E-state index contributed by atoms with van der Waals surface area (Å²) in [5.41, 5.74) is 0.277. The van der Waals surface area contributed by atoms with Crippen LogP contribution in [0.3, 0.4) is 0 Å². The van der Waals surface area contributed by atoms with Gasteiger partial charge < -0.3 is 9.73 Å². The Morgan fingerprint density at radius 3 is 2.71 bits per heavy atom. The molecule has 6 heteroatoms. The van der Waals surface area contributed by atoms with Crippen molar-refractivity contribution in [3.63, 3.8) is 0 Å². The molecule has 1 aromatic heterocycles. The molecule has 0 unspecified atom stereocenters. The van der Waals surface area contributed by atoms with Gasteiger partial charge in [0.1, 0.15) is 0 Å². The number of hydrogen-bond acceptors (Lipinski definition) is 4. The summed E-state index contributed by atoms with van der Waals surface area (Å²) in [6, 6.07) is 0.0772. The van der Waals surface area contributed by atoms with Crippen molar-refractivity contribution in [1.82, 2.24) is 10.2 Å². The summed E-state index contributed by atoms with van der Waals surface area (Å²) in [5.74, 6) is -0.631. The molecular formula is C8H11F2N3O. The Balaban J connectivity index is 1.90. The van der Waals surface area contributed by atoms with Crippen LogP contribution in [0, 0.1) is 5.41 Å². The highest BCUT2D eigenvalue weighted by Crippen LogP contribution is 2.44. The van der Waals surface area contributed by atoms with Crippen LogP contribution in [0.15, 0.2) is 4.42 Å². The average Bonchev–Trinajstić information content (AvgIpc) is 2.68. The zero-order valence-corrected chi connectivity index (χ0v) is 7.76. The number of rotatable bonds is 4. The molecule has 0 spiro atoms. The highest BCUT2D eigenvalue weighted by atomic mass is 19.3. The van der Waals surface area contributed by atoms with Crippen molar-refractivity contribution in [2.45, 2.75) is 26.2 Å². The summed E-state index contributed by atoms with van der Waals surface area (Å²) < 4.78 is 28.8. The lowest BCUT2D eigenvalue weighted by atomic mass is 10.1. The molecule has 4 nitrogen and oxygen atoms in total. The number of halogens is 2. The van der Waals surface area contributed by atoms with Crippen molar-refractivity contribution in [3.8, 4) is 0 Å². The third-order valence-corrected chi connectivity index (χ3v) is 2.40. The van der Waals surface area contributed by atoms with E-state index in [9.17, 15) is 8.78 Å². The predicted octanol–water partition coefficient (Wildman–Crippen LogP) is 2.22. The van der Waals surface area contributed by atoms with Gasteiger partial charge >= 0.3 is 12.4 Å². The summed E-state index contributed by atoms with van der Waals surface area (Å²) in [5, 5.41) is 9.52. The van der Waals surface area contributed by atoms with Crippen molar-refractivity contribution >= 4 is 6.01 Å². The van der Waals surface area contributed by atoms with Crippen molar-refractivity contribution < 1.29 is 13.2 Å². The van der Waals surface area contributed by atoms with E-state index in [-0.39, 0.29) is 11.4 Å². The number of nitrogens with zero attached hydrogens (tertiary/aromatic N) is 2. The maximum absolute atomic E-state index is 12.0. The fourth-order valence-electron chi connectivity index (χ4n) is 1.07. The van der Waals surface area contributed by atoms with Gasteiger partial charge in [-0.3, -0.25) is 0 Å². The van der Waals surface area contributed by atoms with E-state index in [1.54, 1.807) is 0 Å². The van der Waals surface area contributed by atoms with Crippen molar-refractivity contribution in [3.05, 3.63) is 5.89 Å². The summed E-state index contributed by atoms with van der Waals surface area (Å²) in [7, 11) is 0. The van der Waals surface area contributed by atoms with Gasteiger partial charge in [0.2, 0.25) is 0 Å².